The van der Waals surface area contributed by atoms with Gasteiger partial charge in [0.25, 0.3) is 0 Å². The number of benzene rings is 1. The highest BCUT2D eigenvalue weighted by molar-refractivity contribution is 6.33. The van der Waals surface area contributed by atoms with Gasteiger partial charge in [-0.05, 0) is 49.3 Å². The summed E-state index contributed by atoms with van der Waals surface area (Å²) in [5, 5.41) is 9.49. The van der Waals surface area contributed by atoms with Crippen LogP contribution in [-0.2, 0) is 4.79 Å². The minimum Gasteiger partial charge on any atom is -0.478 e. The molecule has 0 saturated heterocycles. The molecule has 3 nitrogen and oxygen atoms in total. The molecule has 2 rings (SSSR count). The van der Waals surface area contributed by atoms with Crippen LogP contribution in [0.15, 0.2) is 24.3 Å². The van der Waals surface area contributed by atoms with Gasteiger partial charge < -0.3 is 10.0 Å². The van der Waals surface area contributed by atoms with Crippen LogP contribution in [0.1, 0.15) is 38.2 Å². The van der Waals surface area contributed by atoms with Gasteiger partial charge in [0.1, 0.15) is 0 Å². The van der Waals surface area contributed by atoms with Crippen molar-refractivity contribution >= 4 is 29.3 Å². The largest absolute Gasteiger partial charge is 0.478 e. The average molecular weight is 308 g/mol. The summed E-state index contributed by atoms with van der Waals surface area (Å²) in [6.45, 7) is 2.30. The standard InChI is InChI=1S/C17H22ClNO2/c1-12-6-9-14(10-7-12)19(2)17-13(8-11-16(20)21)4-3-5-15(17)18/h3-5,8,11-12,14H,6-7,9-10H2,1-2H3,(H,20,21)/b11-8+. The third kappa shape index (κ3) is 4.01. The van der Waals surface area contributed by atoms with Gasteiger partial charge in [-0.25, -0.2) is 4.79 Å². The van der Waals surface area contributed by atoms with Gasteiger partial charge in [-0.15, -0.1) is 0 Å². The minimum atomic E-state index is -0.949. The molecule has 1 aliphatic rings. The van der Waals surface area contributed by atoms with Crippen LogP contribution in [0.2, 0.25) is 5.02 Å². The number of aliphatic carboxylic acids is 1. The number of carboxylic acids is 1. The molecule has 0 amide bonds. The number of anilines is 1. The van der Waals surface area contributed by atoms with E-state index in [1.807, 2.05) is 18.2 Å². The van der Waals surface area contributed by atoms with E-state index in [1.54, 1.807) is 6.08 Å². The number of hydrogen-bond acceptors (Lipinski definition) is 2. The van der Waals surface area contributed by atoms with Gasteiger partial charge in [-0.3, -0.25) is 0 Å². The van der Waals surface area contributed by atoms with Crippen molar-refractivity contribution in [2.75, 3.05) is 11.9 Å². The maximum absolute atomic E-state index is 10.7. The number of rotatable bonds is 4. The number of para-hydroxylation sites is 1. The molecule has 1 aromatic rings. The van der Waals surface area contributed by atoms with E-state index in [4.69, 9.17) is 16.7 Å². The lowest BCUT2D eigenvalue weighted by Gasteiger charge is -2.36. The second-order valence-electron chi connectivity index (χ2n) is 5.87. The van der Waals surface area contributed by atoms with Crippen LogP contribution in [-0.4, -0.2) is 24.2 Å². The first-order valence-electron chi connectivity index (χ1n) is 7.41. The lowest BCUT2D eigenvalue weighted by Crippen LogP contribution is -2.35. The monoisotopic (exact) mass is 307 g/mol. The Morgan fingerprint density at radius 3 is 2.62 bits per heavy atom. The topological polar surface area (TPSA) is 40.5 Å². The second-order valence-corrected chi connectivity index (χ2v) is 6.28. The van der Waals surface area contributed by atoms with E-state index in [-0.39, 0.29) is 0 Å². The van der Waals surface area contributed by atoms with Crippen molar-refractivity contribution in [1.29, 1.82) is 0 Å². The molecule has 0 unspecified atom stereocenters. The van der Waals surface area contributed by atoms with Crippen molar-refractivity contribution in [3.05, 3.63) is 34.9 Å². The molecule has 0 bridgehead atoms. The van der Waals surface area contributed by atoms with Crippen molar-refractivity contribution in [3.8, 4) is 0 Å². The van der Waals surface area contributed by atoms with E-state index < -0.39 is 5.97 Å². The van der Waals surface area contributed by atoms with Crippen molar-refractivity contribution < 1.29 is 9.90 Å². The van der Waals surface area contributed by atoms with Crippen LogP contribution in [0, 0.1) is 5.92 Å². The fourth-order valence-electron chi connectivity index (χ4n) is 3.01. The van der Waals surface area contributed by atoms with E-state index in [2.05, 4.69) is 18.9 Å². The Morgan fingerprint density at radius 2 is 2.00 bits per heavy atom. The second kappa shape index (κ2) is 6.99. The molecule has 1 aliphatic carbocycles. The van der Waals surface area contributed by atoms with E-state index in [0.717, 1.165) is 36.1 Å². The third-order valence-corrected chi connectivity index (χ3v) is 4.61. The summed E-state index contributed by atoms with van der Waals surface area (Å²) in [4.78, 5) is 13.0. The molecule has 4 heteroatoms. The van der Waals surface area contributed by atoms with Gasteiger partial charge in [0.2, 0.25) is 0 Å². The number of hydrogen-bond donors (Lipinski definition) is 1. The molecule has 0 heterocycles. The highest BCUT2D eigenvalue weighted by Crippen LogP contribution is 2.35. The smallest absolute Gasteiger partial charge is 0.328 e. The summed E-state index contributed by atoms with van der Waals surface area (Å²) in [6.07, 6.45) is 7.56. The Labute approximate surface area is 131 Å². The number of carboxylic acid groups (broad SMARTS) is 1. The summed E-state index contributed by atoms with van der Waals surface area (Å²) >= 11 is 6.36. The Morgan fingerprint density at radius 1 is 1.33 bits per heavy atom. The summed E-state index contributed by atoms with van der Waals surface area (Å²) in [5.41, 5.74) is 1.78. The molecule has 1 aromatic carbocycles. The molecule has 114 valence electrons. The Kier molecular flexibility index (Phi) is 5.29. The van der Waals surface area contributed by atoms with Gasteiger partial charge in [0.05, 0.1) is 10.7 Å². The zero-order valence-corrected chi connectivity index (χ0v) is 13.3. The van der Waals surface area contributed by atoms with Crippen LogP contribution >= 0.6 is 11.6 Å². The quantitative estimate of drug-likeness (QED) is 0.835. The first-order valence-corrected chi connectivity index (χ1v) is 7.79. The van der Waals surface area contributed by atoms with E-state index in [1.165, 1.54) is 12.8 Å². The lowest BCUT2D eigenvalue weighted by molar-refractivity contribution is -0.131. The summed E-state index contributed by atoms with van der Waals surface area (Å²) < 4.78 is 0. The summed E-state index contributed by atoms with van der Waals surface area (Å²) in [7, 11) is 2.06. The fourth-order valence-corrected chi connectivity index (χ4v) is 3.33. The average Bonchev–Trinajstić information content (AvgIpc) is 2.45. The molecule has 21 heavy (non-hydrogen) atoms. The molecular formula is C17H22ClNO2. The van der Waals surface area contributed by atoms with E-state index in [0.29, 0.717) is 11.1 Å². The maximum atomic E-state index is 10.7. The van der Waals surface area contributed by atoms with Crippen molar-refractivity contribution in [2.24, 2.45) is 5.92 Å². The van der Waals surface area contributed by atoms with E-state index in [9.17, 15) is 4.79 Å². The zero-order chi connectivity index (χ0) is 15.4. The van der Waals surface area contributed by atoms with Gasteiger partial charge >= 0.3 is 5.97 Å². The SMILES string of the molecule is CC1CCC(N(C)c2c(Cl)cccc2/C=C/C(=O)O)CC1. The molecule has 0 aromatic heterocycles. The fraction of sp³-hybridized carbons (Fsp3) is 0.471. The molecule has 1 fully saturated rings. The Balaban J connectivity index is 2.27. The van der Waals surface area contributed by atoms with Crippen LogP contribution in [0.3, 0.4) is 0 Å². The van der Waals surface area contributed by atoms with Crippen LogP contribution in [0.4, 0.5) is 5.69 Å². The molecular weight excluding hydrogens is 286 g/mol. The van der Waals surface area contributed by atoms with Gasteiger partial charge in [0.15, 0.2) is 0 Å². The highest BCUT2D eigenvalue weighted by Gasteiger charge is 2.24. The number of halogens is 1. The number of carbonyl (C=O) groups is 1. The van der Waals surface area contributed by atoms with Crippen molar-refractivity contribution in [1.82, 2.24) is 0 Å². The first kappa shape index (κ1) is 15.9. The van der Waals surface area contributed by atoms with Crippen LogP contribution < -0.4 is 4.90 Å². The number of nitrogens with zero attached hydrogens (tertiary/aromatic N) is 1. The minimum absolute atomic E-state index is 0.470. The molecule has 0 spiro atoms. The van der Waals surface area contributed by atoms with Crippen molar-refractivity contribution in [2.45, 2.75) is 38.6 Å². The van der Waals surface area contributed by atoms with E-state index >= 15 is 0 Å². The predicted octanol–water partition coefficient (Wildman–Crippen LogP) is 4.45. The zero-order valence-electron chi connectivity index (χ0n) is 12.6. The summed E-state index contributed by atoms with van der Waals surface area (Å²) in [5.74, 6) is -0.151. The van der Waals surface area contributed by atoms with Gasteiger partial charge in [0, 0.05) is 19.2 Å². The van der Waals surface area contributed by atoms with Crippen LogP contribution in [0.25, 0.3) is 6.08 Å². The Bertz CT molecular complexity index is 534. The predicted molar refractivity (Wildman–Crippen MR) is 87.9 cm³/mol. The van der Waals surface area contributed by atoms with Crippen molar-refractivity contribution in [3.63, 3.8) is 0 Å². The molecule has 0 aliphatic heterocycles. The van der Waals surface area contributed by atoms with Gasteiger partial charge in [-0.1, -0.05) is 30.7 Å². The lowest BCUT2D eigenvalue weighted by atomic mass is 9.86. The molecule has 0 radical (unpaired) electrons. The summed E-state index contributed by atoms with van der Waals surface area (Å²) in [6, 6.07) is 6.09. The molecule has 1 N–H and O–H groups in total. The normalized spacial score (nSPS) is 22.4. The highest BCUT2D eigenvalue weighted by atomic mass is 35.5. The van der Waals surface area contributed by atoms with Gasteiger partial charge in [-0.2, -0.15) is 0 Å². The molecule has 1 saturated carbocycles. The molecule has 0 atom stereocenters. The first-order chi connectivity index (χ1) is 9.99. The maximum Gasteiger partial charge on any atom is 0.328 e. The third-order valence-electron chi connectivity index (χ3n) is 4.31. The van der Waals surface area contributed by atoms with Crippen LogP contribution in [0.5, 0.6) is 0 Å². The Hall–Kier alpha value is -1.48.